The first kappa shape index (κ1) is 22.4. The maximum absolute atomic E-state index is 11.0. The van der Waals surface area contributed by atoms with Gasteiger partial charge in [0.1, 0.15) is 5.75 Å². The van der Waals surface area contributed by atoms with Crippen molar-refractivity contribution >= 4 is 5.69 Å². The highest BCUT2D eigenvalue weighted by Crippen LogP contribution is 2.29. The average molecular weight is 425 g/mol. The Morgan fingerprint density at radius 3 is 2.52 bits per heavy atom. The van der Waals surface area contributed by atoms with E-state index in [4.69, 9.17) is 4.42 Å². The molecule has 164 valence electrons. The van der Waals surface area contributed by atoms with Gasteiger partial charge in [-0.1, -0.05) is 26.0 Å². The number of nitrogens with zero attached hydrogens (tertiary/aromatic N) is 4. The van der Waals surface area contributed by atoms with Crippen molar-refractivity contribution in [1.82, 2.24) is 15.1 Å². The lowest BCUT2D eigenvalue weighted by Crippen LogP contribution is -2.30. The highest BCUT2D eigenvalue weighted by molar-refractivity contribution is 5.57. The molecule has 0 fully saturated rings. The van der Waals surface area contributed by atoms with Gasteiger partial charge in [0.05, 0.1) is 11.5 Å². The molecule has 3 aromatic rings. The Balaban J connectivity index is 1.82. The third kappa shape index (κ3) is 5.27. The van der Waals surface area contributed by atoms with Crippen LogP contribution in [0.2, 0.25) is 0 Å². The lowest BCUT2D eigenvalue weighted by molar-refractivity contribution is -0.384. The fraction of sp³-hybridized carbons (Fsp3) is 0.391. The molecule has 1 N–H and O–H groups in total. The van der Waals surface area contributed by atoms with Crippen LogP contribution < -0.4 is 0 Å². The number of aromatic hydroxyl groups is 1. The summed E-state index contributed by atoms with van der Waals surface area (Å²) in [7, 11) is 0. The highest BCUT2D eigenvalue weighted by Gasteiger charge is 2.19. The maximum atomic E-state index is 11.0. The van der Waals surface area contributed by atoms with Crippen LogP contribution in [0.5, 0.6) is 5.75 Å². The first-order valence-corrected chi connectivity index (χ1v) is 10.3. The molecule has 0 unspecified atom stereocenters. The molecular formula is C23H28N4O4. The lowest BCUT2D eigenvalue weighted by Gasteiger charge is -2.26. The molecule has 8 nitrogen and oxygen atoms in total. The number of aryl methyl sites for hydroxylation is 1. The van der Waals surface area contributed by atoms with E-state index in [0.717, 1.165) is 11.1 Å². The molecule has 3 rings (SSSR count). The molecule has 0 amide bonds. The number of hydrogen-bond acceptors (Lipinski definition) is 7. The summed E-state index contributed by atoms with van der Waals surface area (Å²) < 4.78 is 5.79. The smallest absolute Gasteiger partial charge is 0.270 e. The first-order chi connectivity index (χ1) is 14.7. The fourth-order valence-electron chi connectivity index (χ4n) is 3.51. The number of benzene rings is 2. The largest absolute Gasteiger partial charge is 0.508 e. The van der Waals surface area contributed by atoms with Gasteiger partial charge in [-0.15, -0.1) is 10.2 Å². The summed E-state index contributed by atoms with van der Waals surface area (Å²) in [6, 6.07) is 10.2. The normalized spacial score (nSPS) is 11.6. The molecule has 1 aromatic heterocycles. The number of rotatable bonds is 8. The van der Waals surface area contributed by atoms with E-state index in [1.54, 1.807) is 12.1 Å². The van der Waals surface area contributed by atoms with E-state index in [1.807, 2.05) is 13.0 Å². The van der Waals surface area contributed by atoms with Crippen LogP contribution in [0.1, 0.15) is 56.2 Å². The Morgan fingerprint density at radius 1 is 1.13 bits per heavy atom. The zero-order valence-corrected chi connectivity index (χ0v) is 18.5. The third-order valence-electron chi connectivity index (χ3n) is 5.30. The zero-order chi connectivity index (χ0) is 22.7. The molecule has 2 aromatic carbocycles. The third-order valence-corrected chi connectivity index (χ3v) is 5.30. The molecule has 0 aliphatic heterocycles. The quantitative estimate of drug-likeness (QED) is 0.392. The average Bonchev–Trinajstić information content (AvgIpc) is 3.17. The molecule has 1 heterocycles. The van der Waals surface area contributed by atoms with Gasteiger partial charge in [-0.25, -0.2) is 0 Å². The topological polar surface area (TPSA) is 106 Å². The lowest BCUT2D eigenvalue weighted by atomic mass is 9.95. The second kappa shape index (κ2) is 9.26. The second-order valence-electron chi connectivity index (χ2n) is 8.30. The van der Waals surface area contributed by atoms with Crippen LogP contribution in [0.25, 0.3) is 11.5 Å². The summed E-state index contributed by atoms with van der Waals surface area (Å²) in [5, 5.41) is 29.7. The van der Waals surface area contributed by atoms with Gasteiger partial charge >= 0.3 is 0 Å². The van der Waals surface area contributed by atoms with Crippen LogP contribution in [-0.4, -0.2) is 31.2 Å². The number of aromatic nitrogens is 2. The van der Waals surface area contributed by atoms with Crippen molar-refractivity contribution in [1.29, 1.82) is 0 Å². The standard InChI is InChI=1S/C23H28N4O4/c1-14(2)20-11-18(21(28)9-16(20)5)12-26(15(3)4)13-22-24-25-23(31-22)17-7-6-8-19(10-17)27(29)30/h6-11,14-15,28H,12-13H2,1-5H3. The molecule has 8 heteroatoms. The number of nitro benzene ring substituents is 1. The summed E-state index contributed by atoms with van der Waals surface area (Å²) in [5.74, 6) is 1.28. The molecule has 0 saturated heterocycles. The maximum Gasteiger partial charge on any atom is 0.270 e. The second-order valence-corrected chi connectivity index (χ2v) is 8.30. The Morgan fingerprint density at radius 2 is 1.87 bits per heavy atom. The van der Waals surface area contributed by atoms with Crippen LogP contribution in [0.3, 0.4) is 0 Å². The van der Waals surface area contributed by atoms with E-state index in [-0.39, 0.29) is 23.4 Å². The minimum absolute atomic E-state index is 0.0307. The van der Waals surface area contributed by atoms with Crippen LogP contribution >= 0.6 is 0 Å². The van der Waals surface area contributed by atoms with E-state index in [0.29, 0.717) is 30.5 Å². The van der Waals surface area contributed by atoms with Gasteiger partial charge in [0, 0.05) is 35.8 Å². The number of non-ortho nitro benzene ring substituents is 1. The minimum Gasteiger partial charge on any atom is -0.508 e. The Bertz CT molecular complexity index is 1080. The minimum atomic E-state index is -0.458. The van der Waals surface area contributed by atoms with Crippen molar-refractivity contribution < 1.29 is 14.4 Å². The fourth-order valence-corrected chi connectivity index (χ4v) is 3.51. The van der Waals surface area contributed by atoms with Gasteiger partial charge in [0.15, 0.2) is 0 Å². The SMILES string of the molecule is Cc1cc(O)c(CN(Cc2nnc(-c3cccc([N+](=O)[O-])c3)o2)C(C)C)cc1C(C)C. The van der Waals surface area contributed by atoms with Crippen molar-refractivity contribution in [3.05, 3.63) is 69.1 Å². The monoisotopic (exact) mass is 424 g/mol. The van der Waals surface area contributed by atoms with E-state index in [2.05, 4.69) is 48.9 Å². The van der Waals surface area contributed by atoms with Crippen molar-refractivity contribution in [2.45, 2.75) is 59.7 Å². The van der Waals surface area contributed by atoms with E-state index >= 15 is 0 Å². The van der Waals surface area contributed by atoms with Gasteiger partial charge in [0.2, 0.25) is 11.8 Å². The van der Waals surface area contributed by atoms with Crippen molar-refractivity contribution in [3.8, 4) is 17.2 Å². The van der Waals surface area contributed by atoms with E-state index in [1.165, 1.54) is 17.7 Å². The zero-order valence-electron chi connectivity index (χ0n) is 18.5. The molecule has 0 spiro atoms. The van der Waals surface area contributed by atoms with Crippen LogP contribution in [0, 0.1) is 17.0 Å². The van der Waals surface area contributed by atoms with Gasteiger partial charge < -0.3 is 9.52 Å². The first-order valence-electron chi connectivity index (χ1n) is 10.3. The summed E-state index contributed by atoms with van der Waals surface area (Å²) in [5.41, 5.74) is 3.60. The molecule has 0 aliphatic carbocycles. The Labute approximate surface area is 181 Å². The van der Waals surface area contributed by atoms with Crippen LogP contribution in [0.15, 0.2) is 40.8 Å². The van der Waals surface area contributed by atoms with Crippen molar-refractivity contribution in [3.63, 3.8) is 0 Å². The van der Waals surface area contributed by atoms with Gasteiger partial charge in [-0.05, 0) is 49.9 Å². The van der Waals surface area contributed by atoms with Gasteiger partial charge in [-0.2, -0.15) is 0 Å². The Hall–Kier alpha value is -3.26. The number of phenols is 1. The van der Waals surface area contributed by atoms with Gasteiger partial charge in [0.25, 0.3) is 5.69 Å². The number of phenolic OH excluding ortho intramolecular Hbond substituents is 1. The molecule has 0 radical (unpaired) electrons. The van der Waals surface area contributed by atoms with Crippen LogP contribution in [-0.2, 0) is 13.1 Å². The predicted octanol–water partition coefficient (Wildman–Crippen LogP) is 5.19. The Kier molecular flexibility index (Phi) is 6.70. The van der Waals surface area contributed by atoms with Crippen molar-refractivity contribution in [2.24, 2.45) is 0 Å². The highest BCUT2D eigenvalue weighted by atomic mass is 16.6. The molecule has 31 heavy (non-hydrogen) atoms. The van der Waals surface area contributed by atoms with E-state index < -0.39 is 4.92 Å². The molecule has 0 bridgehead atoms. The van der Waals surface area contributed by atoms with E-state index in [9.17, 15) is 15.2 Å². The summed E-state index contributed by atoms with van der Waals surface area (Å²) in [6.45, 7) is 11.3. The molecular weight excluding hydrogens is 396 g/mol. The van der Waals surface area contributed by atoms with Gasteiger partial charge in [-0.3, -0.25) is 15.0 Å². The summed E-state index contributed by atoms with van der Waals surface area (Å²) >= 11 is 0. The number of nitro groups is 1. The number of hydrogen-bond donors (Lipinski definition) is 1. The molecule has 0 aliphatic rings. The van der Waals surface area contributed by atoms with Crippen LogP contribution in [0.4, 0.5) is 5.69 Å². The molecule has 0 saturated carbocycles. The summed E-state index contributed by atoms with van der Waals surface area (Å²) in [6.07, 6.45) is 0. The summed E-state index contributed by atoms with van der Waals surface area (Å²) in [4.78, 5) is 12.7. The molecule has 0 atom stereocenters. The predicted molar refractivity (Wildman–Crippen MR) is 118 cm³/mol. The van der Waals surface area contributed by atoms with Crippen molar-refractivity contribution in [2.75, 3.05) is 0 Å².